The van der Waals surface area contributed by atoms with Crippen LogP contribution in [0.4, 0.5) is 0 Å². The van der Waals surface area contributed by atoms with Crippen molar-refractivity contribution in [3.63, 3.8) is 0 Å². The summed E-state index contributed by atoms with van der Waals surface area (Å²) in [5.74, 6) is 1.60. The van der Waals surface area contributed by atoms with Crippen LogP contribution in [-0.4, -0.2) is 13.2 Å². The molecule has 0 spiro atoms. The van der Waals surface area contributed by atoms with Crippen molar-refractivity contribution in [1.29, 1.82) is 0 Å². The molecule has 1 unspecified atom stereocenters. The van der Waals surface area contributed by atoms with E-state index in [4.69, 9.17) is 9.47 Å². The minimum absolute atomic E-state index is 0.146. The summed E-state index contributed by atoms with van der Waals surface area (Å²) in [6, 6.07) is 14.6. The molecule has 21 heavy (non-hydrogen) atoms. The molecule has 2 aromatic rings. The average molecular weight is 349 g/mol. The van der Waals surface area contributed by atoms with Crippen LogP contribution in [0.25, 0.3) is 0 Å². The maximum absolute atomic E-state index is 5.69. The number of hydrogen-bond acceptors (Lipinski definition) is 2. The monoisotopic (exact) mass is 348 g/mol. The van der Waals surface area contributed by atoms with Gasteiger partial charge in [-0.05, 0) is 44.0 Å². The highest BCUT2D eigenvalue weighted by molar-refractivity contribution is 9.09. The van der Waals surface area contributed by atoms with Crippen molar-refractivity contribution in [1.82, 2.24) is 0 Å². The predicted molar refractivity (Wildman–Crippen MR) is 90.7 cm³/mol. The fraction of sp³-hybridized carbons (Fsp3) is 0.333. The third-order valence-corrected chi connectivity index (χ3v) is 4.25. The second-order valence-electron chi connectivity index (χ2n) is 4.85. The van der Waals surface area contributed by atoms with Gasteiger partial charge in [-0.2, -0.15) is 0 Å². The van der Waals surface area contributed by atoms with Gasteiger partial charge in [-0.25, -0.2) is 0 Å². The maximum atomic E-state index is 5.69. The molecule has 3 heteroatoms. The summed E-state index contributed by atoms with van der Waals surface area (Å²) in [4.78, 5) is 0.146. The number of ether oxygens (including phenoxy) is 2. The van der Waals surface area contributed by atoms with Crippen molar-refractivity contribution in [3.05, 3.63) is 59.2 Å². The smallest absolute Gasteiger partial charge is 0.161 e. The van der Waals surface area contributed by atoms with Gasteiger partial charge in [-0.3, -0.25) is 0 Å². The van der Waals surface area contributed by atoms with Crippen molar-refractivity contribution in [3.8, 4) is 11.5 Å². The van der Waals surface area contributed by atoms with Crippen LogP contribution in [0, 0.1) is 6.92 Å². The molecule has 2 nitrogen and oxygen atoms in total. The number of alkyl halides is 1. The van der Waals surface area contributed by atoms with Crippen LogP contribution < -0.4 is 9.47 Å². The van der Waals surface area contributed by atoms with Crippen LogP contribution in [0.5, 0.6) is 11.5 Å². The van der Waals surface area contributed by atoms with E-state index < -0.39 is 0 Å². The van der Waals surface area contributed by atoms with Crippen LogP contribution in [0.1, 0.15) is 35.4 Å². The van der Waals surface area contributed by atoms with Crippen molar-refractivity contribution < 1.29 is 9.47 Å². The van der Waals surface area contributed by atoms with E-state index in [0.29, 0.717) is 13.2 Å². The Morgan fingerprint density at radius 3 is 2.24 bits per heavy atom. The van der Waals surface area contributed by atoms with Crippen LogP contribution in [0.3, 0.4) is 0 Å². The Morgan fingerprint density at radius 1 is 0.905 bits per heavy atom. The van der Waals surface area contributed by atoms with E-state index >= 15 is 0 Å². The first-order chi connectivity index (χ1) is 10.2. The zero-order valence-electron chi connectivity index (χ0n) is 12.7. The highest BCUT2D eigenvalue weighted by Gasteiger charge is 2.14. The normalized spacial score (nSPS) is 12.0. The number of benzene rings is 2. The topological polar surface area (TPSA) is 18.5 Å². The molecule has 0 aliphatic carbocycles. The zero-order valence-corrected chi connectivity index (χ0v) is 14.3. The van der Waals surface area contributed by atoms with Crippen molar-refractivity contribution in [2.45, 2.75) is 25.6 Å². The van der Waals surface area contributed by atoms with Gasteiger partial charge in [0.05, 0.1) is 18.0 Å². The highest BCUT2D eigenvalue weighted by Crippen LogP contribution is 2.36. The zero-order chi connectivity index (χ0) is 15.2. The molecule has 0 saturated carbocycles. The molecule has 0 amide bonds. The van der Waals surface area contributed by atoms with E-state index in [0.717, 1.165) is 17.1 Å². The van der Waals surface area contributed by atoms with Crippen LogP contribution >= 0.6 is 15.9 Å². The first kappa shape index (κ1) is 15.9. The molecule has 0 heterocycles. The van der Waals surface area contributed by atoms with Crippen molar-refractivity contribution in [2.24, 2.45) is 0 Å². The van der Waals surface area contributed by atoms with E-state index in [2.05, 4.69) is 59.3 Å². The van der Waals surface area contributed by atoms with Crippen molar-refractivity contribution in [2.75, 3.05) is 13.2 Å². The molecule has 0 bridgehead atoms. The van der Waals surface area contributed by atoms with Crippen LogP contribution in [-0.2, 0) is 0 Å². The summed E-state index contributed by atoms with van der Waals surface area (Å²) in [5, 5.41) is 0. The number of hydrogen-bond donors (Lipinski definition) is 0. The Bertz CT molecular complexity index is 596. The molecular formula is C18H21BrO2. The number of aryl methyl sites for hydroxylation is 1. The second kappa shape index (κ2) is 7.51. The fourth-order valence-electron chi connectivity index (χ4n) is 2.25. The van der Waals surface area contributed by atoms with E-state index in [9.17, 15) is 0 Å². The molecule has 0 saturated heterocycles. The minimum atomic E-state index is 0.146. The molecule has 0 radical (unpaired) electrons. The molecule has 0 aliphatic rings. The Hall–Kier alpha value is -1.48. The average Bonchev–Trinajstić information content (AvgIpc) is 2.49. The van der Waals surface area contributed by atoms with Crippen LogP contribution in [0.2, 0.25) is 0 Å². The molecule has 1 atom stereocenters. The third kappa shape index (κ3) is 4.01. The lowest BCUT2D eigenvalue weighted by molar-refractivity contribution is 0.287. The Morgan fingerprint density at radius 2 is 1.57 bits per heavy atom. The molecular weight excluding hydrogens is 328 g/mol. The third-order valence-electron chi connectivity index (χ3n) is 3.19. The maximum Gasteiger partial charge on any atom is 0.161 e. The van der Waals surface area contributed by atoms with E-state index in [1.54, 1.807) is 0 Å². The summed E-state index contributed by atoms with van der Waals surface area (Å²) in [6.45, 7) is 7.32. The van der Waals surface area contributed by atoms with Gasteiger partial charge in [0.15, 0.2) is 11.5 Å². The molecule has 2 rings (SSSR count). The first-order valence-corrected chi connectivity index (χ1v) is 8.17. The standard InChI is InChI=1S/C18H21BrO2/c1-4-20-16-10-9-15(12-17(16)21-5-2)18(19)14-8-6-7-13(3)11-14/h6-12,18H,4-5H2,1-3H3. The van der Waals surface area contributed by atoms with E-state index in [1.807, 2.05) is 19.9 Å². The lowest BCUT2D eigenvalue weighted by Crippen LogP contribution is -2.00. The van der Waals surface area contributed by atoms with Gasteiger partial charge in [0, 0.05) is 0 Å². The summed E-state index contributed by atoms with van der Waals surface area (Å²) < 4.78 is 11.3. The molecule has 112 valence electrons. The van der Waals surface area contributed by atoms with E-state index in [1.165, 1.54) is 11.1 Å². The molecule has 0 fully saturated rings. The number of halogens is 1. The largest absolute Gasteiger partial charge is 0.490 e. The second-order valence-corrected chi connectivity index (χ2v) is 5.76. The molecule has 2 aromatic carbocycles. The molecule has 0 aromatic heterocycles. The molecule has 0 aliphatic heterocycles. The van der Waals surface area contributed by atoms with Gasteiger partial charge in [-0.1, -0.05) is 51.8 Å². The van der Waals surface area contributed by atoms with Gasteiger partial charge >= 0.3 is 0 Å². The Balaban J connectivity index is 2.32. The van der Waals surface area contributed by atoms with Gasteiger partial charge in [0.1, 0.15) is 0 Å². The lowest BCUT2D eigenvalue weighted by atomic mass is 10.0. The Labute approximate surface area is 135 Å². The van der Waals surface area contributed by atoms with Gasteiger partial charge in [0.25, 0.3) is 0 Å². The summed E-state index contributed by atoms with van der Waals surface area (Å²) in [7, 11) is 0. The molecule has 0 N–H and O–H groups in total. The summed E-state index contributed by atoms with van der Waals surface area (Å²) in [6.07, 6.45) is 0. The Kier molecular flexibility index (Phi) is 5.68. The summed E-state index contributed by atoms with van der Waals surface area (Å²) in [5.41, 5.74) is 3.65. The highest BCUT2D eigenvalue weighted by atomic mass is 79.9. The van der Waals surface area contributed by atoms with Crippen LogP contribution in [0.15, 0.2) is 42.5 Å². The quantitative estimate of drug-likeness (QED) is 0.661. The predicted octanol–water partition coefficient (Wildman–Crippen LogP) is 5.28. The minimum Gasteiger partial charge on any atom is -0.490 e. The van der Waals surface area contributed by atoms with Gasteiger partial charge < -0.3 is 9.47 Å². The van der Waals surface area contributed by atoms with Gasteiger partial charge in [-0.15, -0.1) is 0 Å². The summed E-state index contributed by atoms with van der Waals surface area (Å²) >= 11 is 3.78. The number of rotatable bonds is 6. The van der Waals surface area contributed by atoms with Gasteiger partial charge in [0.2, 0.25) is 0 Å². The van der Waals surface area contributed by atoms with Crippen molar-refractivity contribution >= 4 is 15.9 Å². The lowest BCUT2D eigenvalue weighted by Gasteiger charge is -2.16. The van der Waals surface area contributed by atoms with E-state index in [-0.39, 0.29) is 4.83 Å². The first-order valence-electron chi connectivity index (χ1n) is 7.25. The SMILES string of the molecule is CCOc1ccc(C(Br)c2cccc(C)c2)cc1OCC. The fourth-order valence-corrected chi connectivity index (χ4v) is 2.82.